The Morgan fingerprint density at radius 3 is 2.33 bits per heavy atom. The van der Waals surface area contributed by atoms with Gasteiger partial charge in [-0.3, -0.25) is 9.48 Å². The van der Waals surface area contributed by atoms with Gasteiger partial charge in [0.1, 0.15) is 0 Å². The summed E-state index contributed by atoms with van der Waals surface area (Å²) < 4.78 is 7.67. The second-order valence-electron chi connectivity index (χ2n) is 13.2. The summed E-state index contributed by atoms with van der Waals surface area (Å²) in [6, 6.07) is 9.75. The molecule has 0 bridgehead atoms. The Morgan fingerprint density at radius 1 is 1.00 bits per heavy atom. The van der Waals surface area contributed by atoms with E-state index in [1.807, 2.05) is 14.0 Å². The Balaban J connectivity index is 1.34. The van der Waals surface area contributed by atoms with Gasteiger partial charge in [0.05, 0.1) is 22.5 Å². The Hall–Kier alpha value is -3.08. The van der Waals surface area contributed by atoms with Gasteiger partial charge in [0.2, 0.25) is 5.22 Å². The number of rotatable bonds is 5. The van der Waals surface area contributed by atoms with Crippen molar-refractivity contribution in [2.45, 2.75) is 78.1 Å². The van der Waals surface area contributed by atoms with Crippen LogP contribution in [0.4, 0.5) is 0 Å². The fourth-order valence-corrected chi connectivity index (χ4v) is 9.08. The van der Waals surface area contributed by atoms with Crippen LogP contribution in [-0.2, 0) is 19.9 Å². The molecule has 0 spiro atoms. The smallest absolute Gasteiger partial charge is 0.203 e. The fraction of sp³-hybridized carbons (Fsp3) is 0.405. The lowest BCUT2D eigenvalue weighted by molar-refractivity contribution is 0.0927. The van der Waals surface area contributed by atoms with E-state index in [1.54, 1.807) is 10.9 Å². The second-order valence-corrected chi connectivity index (χ2v) is 13.9. The van der Waals surface area contributed by atoms with Crippen molar-refractivity contribution < 1.29 is 9.21 Å². The van der Waals surface area contributed by atoms with Crippen molar-refractivity contribution in [3.05, 3.63) is 109 Å². The average Bonchev–Trinajstić information content (AvgIpc) is 3.73. The number of carbonyl (C=O) groups excluding carboxylic acids is 1. The molecule has 0 N–H and O–H groups in total. The number of halogens is 2. The first kappa shape index (κ1) is 28.7. The lowest BCUT2D eigenvalue weighted by Gasteiger charge is -2.43. The summed E-state index contributed by atoms with van der Waals surface area (Å²) >= 11 is 13.1. The van der Waals surface area contributed by atoms with E-state index >= 15 is 0 Å². The number of furan rings is 1. The van der Waals surface area contributed by atoms with Gasteiger partial charge in [0, 0.05) is 24.9 Å². The van der Waals surface area contributed by atoms with Crippen LogP contribution in [0.2, 0.25) is 10.2 Å². The Kier molecular flexibility index (Phi) is 7.02. The lowest BCUT2D eigenvalue weighted by Crippen LogP contribution is -2.33. The molecule has 3 aliphatic rings. The minimum atomic E-state index is -0.0165. The highest BCUT2D eigenvalue weighted by molar-refractivity contribution is 6.35. The van der Waals surface area contributed by atoms with Gasteiger partial charge in [-0.05, 0) is 134 Å². The molecule has 4 nitrogen and oxygen atoms in total. The number of fused-ring (bicyclic) bond motifs is 3. The summed E-state index contributed by atoms with van der Waals surface area (Å²) in [5.41, 5.74) is 14.4. The highest BCUT2D eigenvalue weighted by Gasteiger charge is 2.48. The van der Waals surface area contributed by atoms with Crippen molar-refractivity contribution >= 4 is 29.0 Å². The molecular weight excluding hydrogens is 575 g/mol. The summed E-state index contributed by atoms with van der Waals surface area (Å²) in [4.78, 5) is 14.2. The number of carbonyl (C=O) groups is 1. The minimum Gasteiger partial charge on any atom is -0.441 e. The van der Waals surface area contributed by atoms with E-state index < -0.39 is 0 Å². The molecule has 222 valence electrons. The van der Waals surface area contributed by atoms with Crippen LogP contribution in [0.1, 0.15) is 98.1 Å². The van der Waals surface area contributed by atoms with Crippen LogP contribution in [0.25, 0.3) is 11.3 Å². The first-order valence-corrected chi connectivity index (χ1v) is 16.2. The standard InChI is InChI=1S/C37H38Cl2N2O2/c1-18-10-11-26-28(16-31(42)36-22(5)33(37(39)43-36)35-30(38)17-40-41(35)6)27-14-23-8-7-9-24(23)15-29(27)34(32(18)26)25-12-19(2)21(4)20(3)13-25/h12-15,17,26,28,32,34H,1,7-11,16H2,2-6H3/t26?,28-,32?,34-/m1/s1. The van der Waals surface area contributed by atoms with E-state index in [4.69, 9.17) is 27.6 Å². The quantitative estimate of drug-likeness (QED) is 0.166. The molecule has 4 aromatic rings. The maximum Gasteiger partial charge on any atom is 0.203 e. The molecule has 3 aliphatic carbocycles. The van der Waals surface area contributed by atoms with Gasteiger partial charge >= 0.3 is 0 Å². The molecule has 0 saturated heterocycles. The van der Waals surface area contributed by atoms with E-state index in [1.165, 1.54) is 56.5 Å². The predicted octanol–water partition coefficient (Wildman–Crippen LogP) is 9.79. The highest BCUT2D eigenvalue weighted by atomic mass is 35.5. The largest absolute Gasteiger partial charge is 0.441 e. The molecule has 0 aliphatic heterocycles. The lowest BCUT2D eigenvalue weighted by atomic mass is 9.61. The molecule has 1 fully saturated rings. The maximum atomic E-state index is 14.2. The van der Waals surface area contributed by atoms with Gasteiger partial charge in [0.15, 0.2) is 11.5 Å². The van der Waals surface area contributed by atoms with Crippen LogP contribution in [0.3, 0.4) is 0 Å². The molecule has 43 heavy (non-hydrogen) atoms. The summed E-state index contributed by atoms with van der Waals surface area (Å²) in [6.45, 7) is 13.2. The number of hydrogen-bond acceptors (Lipinski definition) is 3. The summed E-state index contributed by atoms with van der Waals surface area (Å²) in [7, 11) is 1.81. The van der Waals surface area contributed by atoms with Gasteiger partial charge in [0.25, 0.3) is 0 Å². The van der Waals surface area contributed by atoms with Crippen molar-refractivity contribution in [3.8, 4) is 11.3 Å². The maximum absolute atomic E-state index is 14.2. The van der Waals surface area contributed by atoms with Crippen molar-refractivity contribution in [3.63, 3.8) is 0 Å². The molecule has 2 aromatic carbocycles. The average molecular weight is 614 g/mol. The van der Waals surface area contributed by atoms with Crippen LogP contribution in [-0.4, -0.2) is 15.6 Å². The molecule has 2 heterocycles. The van der Waals surface area contributed by atoms with E-state index in [9.17, 15) is 4.79 Å². The number of allylic oxidation sites excluding steroid dienone is 1. The van der Waals surface area contributed by atoms with E-state index in [-0.39, 0.29) is 22.8 Å². The highest BCUT2D eigenvalue weighted by Crippen LogP contribution is 2.59. The summed E-state index contributed by atoms with van der Waals surface area (Å²) in [5, 5.41) is 4.90. The number of benzene rings is 2. The zero-order valence-corrected chi connectivity index (χ0v) is 27.1. The van der Waals surface area contributed by atoms with Gasteiger partial charge in [-0.1, -0.05) is 48.0 Å². The number of aryl methyl sites for hydroxylation is 5. The molecule has 2 unspecified atom stereocenters. The van der Waals surface area contributed by atoms with Crippen LogP contribution in [0, 0.1) is 39.5 Å². The van der Waals surface area contributed by atoms with Crippen LogP contribution in [0.15, 0.2) is 47.0 Å². The number of Topliss-reactive ketones (excluding diaryl/α,β-unsaturated/α-hetero) is 1. The van der Waals surface area contributed by atoms with Crippen LogP contribution in [0.5, 0.6) is 0 Å². The SMILES string of the molecule is C=C1CCC2C1[C@H](c1cc(C)c(C)c(C)c1)c1cc3c(cc1[C@@H]2CC(=O)c1oc(Cl)c(-c2c(Cl)cnn2C)c1C)CCC3. The van der Waals surface area contributed by atoms with Gasteiger partial charge in [-0.2, -0.15) is 5.10 Å². The first-order valence-electron chi connectivity index (χ1n) is 15.5. The van der Waals surface area contributed by atoms with E-state index in [0.29, 0.717) is 45.9 Å². The molecule has 7 rings (SSSR count). The predicted molar refractivity (Wildman–Crippen MR) is 174 cm³/mol. The van der Waals surface area contributed by atoms with Crippen molar-refractivity contribution in [2.75, 3.05) is 0 Å². The second kappa shape index (κ2) is 10.5. The van der Waals surface area contributed by atoms with Gasteiger partial charge in [-0.25, -0.2) is 0 Å². The third-order valence-corrected chi connectivity index (χ3v) is 11.4. The number of hydrogen-bond donors (Lipinski definition) is 0. The van der Waals surface area contributed by atoms with Gasteiger partial charge < -0.3 is 4.42 Å². The van der Waals surface area contributed by atoms with Gasteiger partial charge in [-0.15, -0.1) is 0 Å². The number of nitrogens with zero attached hydrogens (tertiary/aromatic N) is 2. The molecule has 0 amide bonds. The first-order chi connectivity index (χ1) is 20.5. The molecule has 4 atom stereocenters. The van der Waals surface area contributed by atoms with Crippen LogP contribution < -0.4 is 0 Å². The molecule has 6 heteroatoms. The summed E-state index contributed by atoms with van der Waals surface area (Å²) in [5.74, 6) is 1.29. The van der Waals surface area contributed by atoms with Crippen LogP contribution >= 0.6 is 23.2 Å². The third kappa shape index (κ3) is 4.47. The zero-order valence-electron chi connectivity index (χ0n) is 25.6. The normalized spacial score (nSPS) is 22.5. The topological polar surface area (TPSA) is 48.0 Å². The van der Waals surface area contributed by atoms with E-state index in [0.717, 1.165) is 25.7 Å². The number of ketones is 1. The summed E-state index contributed by atoms with van der Waals surface area (Å²) in [6.07, 6.45) is 7.44. The Morgan fingerprint density at radius 2 is 1.67 bits per heavy atom. The molecular formula is C37H38Cl2N2O2. The fourth-order valence-electron chi connectivity index (χ4n) is 8.51. The van der Waals surface area contributed by atoms with Crippen molar-refractivity contribution in [1.82, 2.24) is 9.78 Å². The third-order valence-electron chi connectivity index (χ3n) is 10.8. The van der Waals surface area contributed by atoms with Crippen molar-refractivity contribution in [2.24, 2.45) is 18.9 Å². The number of aromatic nitrogens is 2. The monoisotopic (exact) mass is 612 g/mol. The minimum absolute atomic E-state index is 0.0165. The molecule has 2 aromatic heterocycles. The van der Waals surface area contributed by atoms with E-state index in [2.05, 4.69) is 56.7 Å². The Bertz CT molecular complexity index is 1780. The van der Waals surface area contributed by atoms with Crippen molar-refractivity contribution in [1.29, 1.82) is 0 Å². The Labute approximate surface area is 264 Å². The molecule has 0 radical (unpaired) electrons. The molecule has 1 saturated carbocycles. The zero-order chi connectivity index (χ0) is 30.3.